The van der Waals surface area contributed by atoms with Crippen LogP contribution in [0.25, 0.3) is 0 Å². The first-order chi connectivity index (χ1) is 12.2. The van der Waals surface area contributed by atoms with Crippen molar-refractivity contribution in [1.82, 2.24) is 14.8 Å². The third-order valence-electron chi connectivity index (χ3n) is 4.94. The van der Waals surface area contributed by atoms with Crippen molar-refractivity contribution in [2.45, 2.75) is 38.3 Å². The van der Waals surface area contributed by atoms with Crippen molar-refractivity contribution in [3.05, 3.63) is 40.2 Å². The van der Waals surface area contributed by atoms with Gasteiger partial charge in [-0.1, -0.05) is 17.8 Å². The summed E-state index contributed by atoms with van der Waals surface area (Å²) in [6.07, 6.45) is 0.583. The highest BCUT2D eigenvalue weighted by molar-refractivity contribution is 7.99. The predicted molar refractivity (Wildman–Crippen MR) is 103 cm³/mol. The van der Waals surface area contributed by atoms with Gasteiger partial charge in [-0.15, -0.1) is 10.2 Å². The van der Waals surface area contributed by atoms with Gasteiger partial charge in [0.2, 0.25) is 0 Å². The lowest BCUT2D eigenvalue weighted by molar-refractivity contribution is 0.102. The molecule has 0 unspecified atom stereocenters. The molecule has 1 aliphatic heterocycles. The van der Waals surface area contributed by atoms with Gasteiger partial charge in [-0.2, -0.15) is 0 Å². The van der Waals surface area contributed by atoms with Gasteiger partial charge in [0.05, 0.1) is 17.3 Å². The van der Waals surface area contributed by atoms with Crippen LogP contribution >= 0.6 is 11.8 Å². The van der Waals surface area contributed by atoms with Gasteiger partial charge in [0, 0.05) is 18.5 Å². The Morgan fingerprint density at radius 2 is 1.88 bits per heavy atom. The van der Waals surface area contributed by atoms with E-state index in [1.165, 1.54) is 17.3 Å². The molecule has 1 saturated heterocycles. The van der Waals surface area contributed by atoms with Crippen LogP contribution in [0, 0.1) is 20.8 Å². The lowest BCUT2D eigenvalue weighted by atomic mass is 9.99. The van der Waals surface area contributed by atoms with Gasteiger partial charge in [0.15, 0.2) is 20.8 Å². The molecule has 3 rings (SSSR count). The second-order valence-electron chi connectivity index (χ2n) is 6.96. The van der Waals surface area contributed by atoms with Crippen molar-refractivity contribution in [2.75, 3.05) is 17.3 Å². The Morgan fingerprint density at radius 1 is 1.19 bits per heavy atom. The number of thioether (sulfide) groups is 1. The molecule has 0 aliphatic carbocycles. The van der Waals surface area contributed by atoms with E-state index in [-0.39, 0.29) is 29.0 Å². The third kappa shape index (κ3) is 3.86. The number of benzene rings is 1. The van der Waals surface area contributed by atoms with Crippen LogP contribution in [0.5, 0.6) is 0 Å². The number of nitrogens with zero attached hydrogens (tertiary/aromatic N) is 3. The van der Waals surface area contributed by atoms with Crippen LogP contribution in [0.2, 0.25) is 0 Å². The van der Waals surface area contributed by atoms with Crippen molar-refractivity contribution < 1.29 is 13.2 Å². The summed E-state index contributed by atoms with van der Waals surface area (Å²) in [7, 11) is -1.14. The second kappa shape index (κ2) is 7.15. The van der Waals surface area contributed by atoms with Crippen molar-refractivity contribution in [1.29, 1.82) is 0 Å². The fourth-order valence-corrected chi connectivity index (χ4v) is 5.82. The average molecular weight is 394 g/mol. The fraction of sp³-hybridized carbons (Fsp3) is 0.500. The SMILES string of the molecule is Cc1cc(C)c(C(=O)CSc2nnc([C@H]3CCS(=O)(=O)C3)n2C)cc1C. The predicted octanol–water partition coefficient (Wildman–Crippen LogP) is 2.62. The van der Waals surface area contributed by atoms with E-state index in [1.807, 2.05) is 44.5 Å². The molecule has 1 fully saturated rings. The summed E-state index contributed by atoms with van der Waals surface area (Å²) < 4.78 is 25.2. The first kappa shape index (κ1) is 19.1. The lowest BCUT2D eigenvalue weighted by Crippen LogP contribution is -2.10. The van der Waals surface area contributed by atoms with Crippen LogP contribution in [0.4, 0.5) is 0 Å². The normalized spacial score (nSPS) is 19.0. The highest BCUT2D eigenvalue weighted by atomic mass is 32.2. The van der Waals surface area contributed by atoms with E-state index in [0.717, 1.165) is 16.7 Å². The number of ketones is 1. The highest BCUT2D eigenvalue weighted by Crippen LogP contribution is 2.29. The van der Waals surface area contributed by atoms with Gasteiger partial charge in [0.1, 0.15) is 5.82 Å². The minimum Gasteiger partial charge on any atom is -0.309 e. The number of sulfone groups is 1. The minimum absolute atomic E-state index is 0.0589. The van der Waals surface area contributed by atoms with Crippen LogP contribution in [-0.2, 0) is 16.9 Å². The summed E-state index contributed by atoms with van der Waals surface area (Å²) in [5.74, 6) is 1.25. The number of carbonyl (C=O) groups excluding carboxylic acids is 1. The van der Waals surface area contributed by atoms with Gasteiger partial charge in [0.25, 0.3) is 0 Å². The molecule has 0 amide bonds. The summed E-state index contributed by atoms with van der Waals surface area (Å²) in [5.41, 5.74) is 4.00. The quantitative estimate of drug-likeness (QED) is 0.574. The third-order valence-corrected chi connectivity index (χ3v) is 7.73. The molecule has 0 bridgehead atoms. The summed E-state index contributed by atoms with van der Waals surface area (Å²) in [6, 6.07) is 3.98. The van der Waals surface area contributed by atoms with Gasteiger partial charge in [-0.3, -0.25) is 4.79 Å². The van der Waals surface area contributed by atoms with Crippen LogP contribution in [-0.4, -0.2) is 46.2 Å². The maximum Gasteiger partial charge on any atom is 0.191 e. The van der Waals surface area contributed by atoms with E-state index in [1.54, 1.807) is 0 Å². The van der Waals surface area contributed by atoms with Gasteiger partial charge >= 0.3 is 0 Å². The Bertz CT molecular complexity index is 964. The summed E-state index contributed by atoms with van der Waals surface area (Å²) in [4.78, 5) is 12.6. The molecular weight excluding hydrogens is 370 g/mol. The fourth-order valence-electron chi connectivity index (χ4n) is 3.27. The average Bonchev–Trinajstić information content (AvgIpc) is 3.10. The topological polar surface area (TPSA) is 81.9 Å². The molecule has 0 radical (unpaired) electrons. The molecule has 0 saturated carbocycles. The smallest absolute Gasteiger partial charge is 0.191 e. The largest absolute Gasteiger partial charge is 0.309 e. The van der Waals surface area contributed by atoms with Gasteiger partial charge in [-0.05, 0) is 49.9 Å². The Balaban J connectivity index is 1.71. The minimum atomic E-state index is -2.97. The van der Waals surface area contributed by atoms with E-state index in [0.29, 0.717) is 17.4 Å². The monoisotopic (exact) mass is 393 g/mol. The molecule has 2 aromatic rings. The maximum atomic E-state index is 12.6. The molecule has 0 spiro atoms. The van der Waals surface area contributed by atoms with Crippen molar-refractivity contribution >= 4 is 27.4 Å². The van der Waals surface area contributed by atoms with Crippen molar-refractivity contribution in [3.63, 3.8) is 0 Å². The van der Waals surface area contributed by atoms with Crippen LogP contribution < -0.4 is 0 Å². The maximum absolute atomic E-state index is 12.6. The van der Waals surface area contributed by atoms with E-state index in [2.05, 4.69) is 10.2 Å². The van der Waals surface area contributed by atoms with Crippen LogP contribution in [0.3, 0.4) is 0 Å². The summed E-state index contributed by atoms with van der Waals surface area (Å²) in [5, 5.41) is 8.97. The van der Waals surface area contributed by atoms with Crippen molar-refractivity contribution in [3.8, 4) is 0 Å². The molecule has 1 aliphatic rings. The number of aryl methyl sites for hydroxylation is 3. The first-order valence-corrected chi connectivity index (χ1v) is 11.3. The van der Waals surface area contributed by atoms with Crippen molar-refractivity contribution in [2.24, 2.45) is 7.05 Å². The number of hydrogen-bond acceptors (Lipinski definition) is 6. The zero-order valence-electron chi connectivity index (χ0n) is 15.4. The standard InChI is InChI=1S/C18H23N3O3S2/c1-11-7-13(3)15(8-12(11)2)16(22)9-25-18-20-19-17(21(18)4)14-5-6-26(23,24)10-14/h7-8,14H,5-6,9-10H2,1-4H3/t14-/m0/s1. The molecule has 2 heterocycles. The summed E-state index contributed by atoms with van der Waals surface area (Å²) >= 11 is 1.34. The Morgan fingerprint density at radius 3 is 2.54 bits per heavy atom. The number of Topliss-reactive ketones (excluding diaryl/α,β-unsaturated/α-hetero) is 1. The highest BCUT2D eigenvalue weighted by Gasteiger charge is 2.32. The molecule has 26 heavy (non-hydrogen) atoms. The first-order valence-electron chi connectivity index (χ1n) is 8.51. The summed E-state index contributed by atoms with van der Waals surface area (Å²) in [6.45, 7) is 5.99. The van der Waals surface area contributed by atoms with Crippen LogP contribution in [0.15, 0.2) is 17.3 Å². The molecular formula is C18H23N3O3S2. The number of carbonyl (C=O) groups is 1. The van der Waals surface area contributed by atoms with Gasteiger partial charge < -0.3 is 4.57 Å². The molecule has 6 nitrogen and oxygen atoms in total. The second-order valence-corrected chi connectivity index (χ2v) is 10.1. The lowest BCUT2D eigenvalue weighted by Gasteiger charge is -2.10. The molecule has 1 atom stereocenters. The number of aromatic nitrogens is 3. The van der Waals surface area contributed by atoms with E-state index in [4.69, 9.17) is 0 Å². The molecule has 1 aromatic heterocycles. The number of rotatable bonds is 5. The zero-order chi connectivity index (χ0) is 19.1. The Kier molecular flexibility index (Phi) is 5.25. The van der Waals surface area contributed by atoms with Crippen LogP contribution in [0.1, 0.15) is 45.2 Å². The van der Waals surface area contributed by atoms with E-state index < -0.39 is 9.84 Å². The molecule has 0 N–H and O–H groups in total. The van der Waals surface area contributed by atoms with Gasteiger partial charge in [-0.25, -0.2) is 8.42 Å². The molecule has 140 valence electrons. The number of hydrogen-bond donors (Lipinski definition) is 0. The molecule has 8 heteroatoms. The van der Waals surface area contributed by atoms with E-state index >= 15 is 0 Å². The molecule has 1 aromatic carbocycles. The zero-order valence-corrected chi connectivity index (χ0v) is 17.1. The van der Waals surface area contributed by atoms with E-state index in [9.17, 15) is 13.2 Å². The Labute approximate surface area is 158 Å². The Hall–Kier alpha value is -1.67.